The molecule has 1 aromatic rings. The van der Waals surface area contributed by atoms with Gasteiger partial charge in [0.05, 0.1) is 6.61 Å². The van der Waals surface area contributed by atoms with Crippen LogP contribution in [0.2, 0.25) is 0 Å². The standard InChI is InChI=1S/C12H19NO2/c1-3-7-15-9-12(14)11-5-6-13-8-10(11)4-2/h5-6,8,12,14H,3-4,7,9H2,1-2H3. The van der Waals surface area contributed by atoms with Crippen molar-refractivity contribution in [3.8, 4) is 0 Å². The number of ether oxygens (including phenoxy) is 1. The normalized spacial score (nSPS) is 12.7. The summed E-state index contributed by atoms with van der Waals surface area (Å²) in [5.41, 5.74) is 2.02. The number of aryl methyl sites for hydroxylation is 1. The van der Waals surface area contributed by atoms with E-state index in [4.69, 9.17) is 4.74 Å². The first-order chi connectivity index (χ1) is 7.29. The molecule has 0 aliphatic heterocycles. The minimum absolute atomic E-state index is 0.366. The number of aliphatic hydroxyl groups excluding tert-OH is 1. The van der Waals surface area contributed by atoms with Crippen molar-refractivity contribution in [1.82, 2.24) is 4.98 Å². The Balaban J connectivity index is 2.59. The number of rotatable bonds is 6. The van der Waals surface area contributed by atoms with Gasteiger partial charge >= 0.3 is 0 Å². The van der Waals surface area contributed by atoms with Crippen LogP contribution in [0.25, 0.3) is 0 Å². The van der Waals surface area contributed by atoms with Gasteiger partial charge in [0.25, 0.3) is 0 Å². The number of pyridine rings is 1. The molecule has 0 radical (unpaired) electrons. The maximum atomic E-state index is 9.91. The fourth-order valence-corrected chi connectivity index (χ4v) is 1.49. The summed E-state index contributed by atoms with van der Waals surface area (Å²) in [7, 11) is 0. The molecule has 1 N–H and O–H groups in total. The van der Waals surface area contributed by atoms with Crippen LogP contribution in [0.1, 0.15) is 37.5 Å². The van der Waals surface area contributed by atoms with Gasteiger partial charge in [-0.1, -0.05) is 13.8 Å². The number of nitrogens with zero attached hydrogens (tertiary/aromatic N) is 1. The third-order valence-electron chi connectivity index (χ3n) is 2.31. The molecule has 84 valence electrons. The maximum absolute atomic E-state index is 9.91. The van der Waals surface area contributed by atoms with E-state index >= 15 is 0 Å². The molecule has 3 heteroatoms. The maximum Gasteiger partial charge on any atom is 0.103 e. The number of aliphatic hydroxyl groups is 1. The van der Waals surface area contributed by atoms with Gasteiger partial charge < -0.3 is 9.84 Å². The lowest BCUT2D eigenvalue weighted by Gasteiger charge is -2.14. The fourth-order valence-electron chi connectivity index (χ4n) is 1.49. The molecule has 0 amide bonds. The summed E-state index contributed by atoms with van der Waals surface area (Å²) in [6, 6.07) is 1.86. The van der Waals surface area contributed by atoms with Crippen LogP contribution in [0.15, 0.2) is 18.5 Å². The lowest BCUT2D eigenvalue weighted by Crippen LogP contribution is -2.10. The summed E-state index contributed by atoms with van der Waals surface area (Å²) >= 11 is 0. The molecule has 1 rings (SSSR count). The van der Waals surface area contributed by atoms with Gasteiger partial charge in [0, 0.05) is 19.0 Å². The molecule has 3 nitrogen and oxygen atoms in total. The SMILES string of the molecule is CCCOCC(O)c1ccncc1CC. The van der Waals surface area contributed by atoms with Crippen LogP contribution in [-0.2, 0) is 11.2 Å². The van der Waals surface area contributed by atoms with Crippen LogP contribution in [0.3, 0.4) is 0 Å². The smallest absolute Gasteiger partial charge is 0.103 e. The van der Waals surface area contributed by atoms with Gasteiger partial charge in [0.2, 0.25) is 0 Å². The van der Waals surface area contributed by atoms with Crippen LogP contribution < -0.4 is 0 Å². The van der Waals surface area contributed by atoms with Gasteiger partial charge in [-0.15, -0.1) is 0 Å². The van der Waals surface area contributed by atoms with Crippen molar-refractivity contribution in [1.29, 1.82) is 0 Å². The van der Waals surface area contributed by atoms with Crippen molar-refractivity contribution in [3.05, 3.63) is 29.6 Å². The molecular formula is C12H19NO2. The Bertz CT molecular complexity index is 289. The van der Waals surface area contributed by atoms with Crippen LogP contribution in [0.5, 0.6) is 0 Å². The Hall–Kier alpha value is -0.930. The fraction of sp³-hybridized carbons (Fsp3) is 0.583. The van der Waals surface area contributed by atoms with E-state index in [1.807, 2.05) is 6.07 Å². The van der Waals surface area contributed by atoms with Gasteiger partial charge in [-0.2, -0.15) is 0 Å². The van der Waals surface area contributed by atoms with Crippen LogP contribution in [0, 0.1) is 0 Å². The molecule has 0 aliphatic rings. The summed E-state index contributed by atoms with van der Waals surface area (Å²) in [4.78, 5) is 4.04. The second-order valence-electron chi connectivity index (χ2n) is 3.52. The highest BCUT2D eigenvalue weighted by Gasteiger charge is 2.11. The van der Waals surface area contributed by atoms with Crippen LogP contribution in [-0.4, -0.2) is 23.3 Å². The molecule has 0 saturated carbocycles. The van der Waals surface area contributed by atoms with Crippen molar-refractivity contribution in [2.24, 2.45) is 0 Å². The lowest BCUT2D eigenvalue weighted by atomic mass is 10.0. The second-order valence-corrected chi connectivity index (χ2v) is 3.52. The third kappa shape index (κ3) is 3.61. The minimum atomic E-state index is -0.533. The molecule has 1 atom stereocenters. The van der Waals surface area contributed by atoms with Crippen LogP contribution in [0.4, 0.5) is 0 Å². The highest BCUT2D eigenvalue weighted by Crippen LogP contribution is 2.17. The summed E-state index contributed by atoms with van der Waals surface area (Å²) in [5, 5.41) is 9.91. The number of aromatic nitrogens is 1. The van der Waals surface area contributed by atoms with Gasteiger partial charge in [-0.25, -0.2) is 0 Å². The second kappa shape index (κ2) is 6.53. The Kier molecular flexibility index (Phi) is 5.29. The Morgan fingerprint density at radius 3 is 2.93 bits per heavy atom. The van der Waals surface area contributed by atoms with E-state index in [0.717, 1.165) is 24.0 Å². The first-order valence-electron chi connectivity index (χ1n) is 5.48. The highest BCUT2D eigenvalue weighted by molar-refractivity contribution is 5.25. The highest BCUT2D eigenvalue weighted by atomic mass is 16.5. The van der Waals surface area contributed by atoms with E-state index in [-0.39, 0.29) is 0 Å². The van der Waals surface area contributed by atoms with Crippen molar-refractivity contribution in [2.45, 2.75) is 32.8 Å². The molecule has 1 heterocycles. The molecule has 0 aromatic carbocycles. The molecule has 15 heavy (non-hydrogen) atoms. The zero-order valence-corrected chi connectivity index (χ0v) is 9.44. The first kappa shape index (κ1) is 12.1. The van der Waals surface area contributed by atoms with Crippen molar-refractivity contribution in [2.75, 3.05) is 13.2 Å². The van der Waals surface area contributed by atoms with Gasteiger partial charge in [-0.05, 0) is 30.0 Å². The van der Waals surface area contributed by atoms with E-state index < -0.39 is 6.10 Å². The van der Waals surface area contributed by atoms with E-state index in [2.05, 4.69) is 18.8 Å². The predicted molar refractivity (Wildman–Crippen MR) is 59.7 cm³/mol. The van der Waals surface area contributed by atoms with E-state index in [1.165, 1.54) is 0 Å². The Morgan fingerprint density at radius 2 is 2.27 bits per heavy atom. The van der Waals surface area contributed by atoms with Gasteiger partial charge in [0.15, 0.2) is 0 Å². The topological polar surface area (TPSA) is 42.4 Å². The summed E-state index contributed by atoms with van der Waals surface area (Å²) in [6.07, 6.45) is 4.84. The molecule has 0 bridgehead atoms. The van der Waals surface area contributed by atoms with Crippen molar-refractivity contribution in [3.63, 3.8) is 0 Å². The number of hydrogen-bond donors (Lipinski definition) is 1. The largest absolute Gasteiger partial charge is 0.386 e. The molecular weight excluding hydrogens is 190 g/mol. The molecule has 0 aliphatic carbocycles. The first-order valence-corrected chi connectivity index (χ1v) is 5.48. The average Bonchev–Trinajstić information content (AvgIpc) is 2.29. The van der Waals surface area contributed by atoms with E-state index in [9.17, 15) is 5.11 Å². The predicted octanol–water partition coefficient (Wildman–Crippen LogP) is 2.10. The van der Waals surface area contributed by atoms with Crippen molar-refractivity contribution >= 4 is 0 Å². The molecule has 1 unspecified atom stereocenters. The van der Waals surface area contributed by atoms with Crippen molar-refractivity contribution < 1.29 is 9.84 Å². The molecule has 0 saturated heterocycles. The monoisotopic (exact) mass is 209 g/mol. The number of hydrogen-bond acceptors (Lipinski definition) is 3. The Labute approximate surface area is 91.1 Å². The van der Waals surface area contributed by atoms with E-state index in [0.29, 0.717) is 13.2 Å². The minimum Gasteiger partial charge on any atom is -0.386 e. The molecule has 0 fully saturated rings. The third-order valence-corrected chi connectivity index (χ3v) is 2.31. The molecule has 1 aromatic heterocycles. The zero-order valence-electron chi connectivity index (χ0n) is 9.44. The molecule has 0 spiro atoms. The summed E-state index contributed by atoms with van der Waals surface area (Å²) < 4.78 is 5.33. The lowest BCUT2D eigenvalue weighted by molar-refractivity contribution is 0.0359. The Morgan fingerprint density at radius 1 is 1.47 bits per heavy atom. The average molecular weight is 209 g/mol. The zero-order chi connectivity index (χ0) is 11.1. The van der Waals surface area contributed by atoms with Gasteiger partial charge in [-0.3, -0.25) is 4.98 Å². The quantitative estimate of drug-likeness (QED) is 0.730. The van der Waals surface area contributed by atoms with E-state index in [1.54, 1.807) is 12.4 Å². The summed E-state index contributed by atoms with van der Waals surface area (Å²) in [6.45, 7) is 5.17. The summed E-state index contributed by atoms with van der Waals surface area (Å²) in [5.74, 6) is 0. The van der Waals surface area contributed by atoms with Gasteiger partial charge in [0.1, 0.15) is 6.10 Å². The van der Waals surface area contributed by atoms with Crippen LogP contribution >= 0.6 is 0 Å².